The van der Waals surface area contributed by atoms with Crippen LogP contribution in [0, 0.1) is 0 Å². The van der Waals surface area contributed by atoms with E-state index in [1.165, 1.54) is 69.5 Å². The lowest BCUT2D eigenvalue weighted by atomic mass is 9.85. The molecule has 11 rings (SSSR count). The fourth-order valence-corrected chi connectivity index (χ4v) is 9.53. The summed E-state index contributed by atoms with van der Waals surface area (Å²) >= 11 is 1.79. The van der Waals surface area contributed by atoms with E-state index < -0.39 is 0 Å². The van der Waals surface area contributed by atoms with E-state index >= 15 is 0 Å². The number of rotatable bonds is 6. The van der Waals surface area contributed by atoms with E-state index in [4.69, 9.17) is 15.0 Å². The minimum absolute atomic E-state index is 0.641. The van der Waals surface area contributed by atoms with Gasteiger partial charge in [0.1, 0.15) is 0 Å². The van der Waals surface area contributed by atoms with Gasteiger partial charge in [0.05, 0.1) is 0 Å². The van der Waals surface area contributed by atoms with Gasteiger partial charge in [-0.05, 0) is 79.2 Å². The van der Waals surface area contributed by atoms with Crippen molar-refractivity contribution in [3.05, 3.63) is 200 Å². The van der Waals surface area contributed by atoms with Crippen LogP contribution >= 0.6 is 11.3 Å². The zero-order valence-corrected chi connectivity index (χ0v) is 31.6. The Hall–Kier alpha value is -7.27. The molecule has 0 N–H and O–H groups in total. The van der Waals surface area contributed by atoms with E-state index in [1.807, 2.05) is 18.2 Å². The van der Waals surface area contributed by atoms with Crippen molar-refractivity contribution in [1.82, 2.24) is 15.0 Å². The fraction of sp³-hybridized carbons (Fsp3) is 0. The molecule has 0 aliphatic carbocycles. The number of aromatic nitrogens is 3. The molecule has 0 saturated carbocycles. The summed E-state index contributed by atoms with van der Waals surface area (Å²) in [5.41, 5.74) is 10.0. The first-order valence-corrected chi connectivity index (χ1v) is 20.0. The molecule has 266 valence electrons. The number of hydrogen-bond donors (Lipinski definition) is 0. The van der Waals surface area contributed by atoms with Gasteiger partial charge in [-0.25, -0.2) is 15.0 Å². The van der Waals surface area contributed by atoms with Gasteiger partial charge in [-0.2, -0.15) is 0 Å². The Morgan fingerprint density at radius 1 is 0.281 bits per heavy atom. The molecule has 0 fully saturated rings. The van der Waals surface area contributed by atoms with Crippen LogP contribution in [-0.2, 0) is 0 Å². The van der Waals surface area contributed by atoms with Crippen molar-refractivity contribution in [2.45, 2.75) is 0 Å². The lowest BCUT2D eigenvalue weighted by molar-refractivity contribution is 1.08. The standard InChI is InChI=1S/C53H33N3S/c1-3-16-34(17-4-1)36-20-13-21-37(32-36)48-41-25-7-9-27-43(41)49(44-28-10-8-26-42(44)48)38-22-14-23-39(33-38)52-54-51(35-18-5-2-6-19-35)55-53(56-52)46-30-15-29-45-40-24-11-12-31-47(40)57-50(45)46/h1-33H. The Kier molecular flexibility index (Phi) is 8.01. The highest BCUT2D eigenvalue weighted by Gasteiger charge is 2.20. The summed E-state index contributed by atoms with van der Waals surface area (Å²) in [6, 6.07) is 71.1. The van der Waals surface area contributed by atoms with E-state index in [2.05, 4.69) is 182 Å². The number of thiophene rings is 1. The molecule has 0 unspecified atom stereocenters. The largest absolute Gasteiger partial charge is 0.208 e. The lowest BCUT2D eigenvalue weighted by Gasteiger charge is -2.18. The Balaban J connectivity index is 1.11. The second kappa shape index (κ2) is 13.8. The van der Waals surface area contributed by atoms with Gasteiger partial charge >= 0.3 is 0 Å². The van der Waals surface area contributed by atoms with E-state index in [0.29, 0.717) is 17.5 Å². The first-order valence-electron chi connectivity index (χ1n) is 19.2. The van der Waals surface area contributed by atoms with Crippen LogP contribution in [0.15, 0.2) is 200 Å². The highest BCUT2D eigenvalue weighted by atomic mass is 32.1. The van der Waals surface area contributed by atoms with Crippen LogP contribution in [0.4, 0.5) is 0 Å². The first-order chi connectivity index (χ1) is 28.3. The van der Waals surface area contributed by atoms with Crippen molar-refractivity contribution in [3.63, 3.8) is 0 Å². The maximum atomic E-state index is 5.25. The van der Waals surface area contributed by atoms with Crippen LogP contribution in [-0.4, -0.2) is 15.0 Å². The molecule has 2 aromatic heterocycles. The zero-order chi connectivity index (χ0) is 37.7. The molecule has 0 aliphatic heterocycles. The zero-order valence-electron chi connectivity index (χ0n) is 30.8. The van der Waals surface area contributed by atoms with Crippen LogP contribution in [0.2, 0.25) is 0 Å². The molecular weight excluding hydrogens is 711 g/mol. The molecule has 0 bridgehead atoms. The topological polar surface area (TPSA) is 38.7 Å². The molecule has 0 amide bonds. The molecule has 0 saturated heterocycles. The summed E-state index contributed by atoms with van der Waals surface area (Å²) in [4.78, 5) is 15.5. The third-order valence-electron chi connectivity index (χ3n) is 10.9. The van der Waals surface area contributed by atoms with Crippen LogP contribution in [0.25, 0.3) is 109 Å². The Labute approximate surface area is 334 Å². The van der Waals surface area contributed by atoms with Gasteiger partial charge in [-0.15, -0.1) is 11.3 Å². The Bertz CT molecular complexity index is 3240. The SMILES string of the molecule is c1ccc(-c2cccc(-c3c4ccccc4c(-c4cccc(-c5nc(-c6ccccc6)nc(-c6cccc7c6sc6ccccc67)n5)c4)c4ccccc34)c2)cc1. The van der Waals surface area contributed by atoms with Gasteiger partial charge in [0.2, 0.25) is 0 Å². The fourth-order valence-electron chi connectivity index (χ4n) is 8.31. The maximum Gasteiger partial charge on any atom is 0.165 e. The third-order valence-corrected chi connectivity index (χ3v) is 12.1. The minimum atomic E-state index is 0.641. The highest BCUT2D eigenvalue weighted by molar-refractivity contribution is 7.26. The predicted molar refractivity (Wildman–Crippen MR) is 240 cm³/mol. The molecule has 4 heteroatoms. The average molecular weight is 744 g/mol. The summed E-state index contributed by atoms with van der Waals surface area (Å²) in [7, 11) is 0. The van der Waals surface area contributed by atoms with Crippen molar-refractivity contribution in [2.75, 3.05) is 0 Å². The Morgan fingerprint density at radius 3 is 1.33 bits per heavy atom. The molecule has 0 spiro atoms. The van der Waals surface area contributed by atoms with E-state index in [1.54, 1.807) is 11.3 Å². The van der Waals surface area contributed by atoms with Gasteiger partial charge in [-0.3, -0.25) is 0 Å². The van der Waals surface area contributed by atoms with Crippen LogP contribution < -0.4 is 0 Å². The quantitative estimate of drug-likeness (QED) is 0.159. The smallest absolute Gasteiger partial charge is 0.165 e. The molecular formula is C53H33N3S. The van der Waals surface area contributed by atoms with E-state index in [-0.39, 0.29) is 0 Å². The number of hydrogen-bond acceptors (Lipinski definition) is 4. The molecule has 2 heterocycles. The summed E-state index contributed by atoms with van der Waals surface area (Å²) in [5.74, 6) is 1.96. The third kappa shape index (κ3) is 5.78. The van der Waals surface area contributed by atoms with E-state index in [9.17, 15) is 0 Å². The van der Waals surface area contributed by atoms with Crippen molar-refractivity contribution < 1.29 is 0 Å². The summed E-state index contributed by atoms with van der Waals surface area (Å²) < 4.78 is 2.43. The van der Waals surface area contributed by atoms with Crippen molar-refractivity contribution in [3.8, 4) is 67.5 Å². The molecule has 11 aromatic rings. The normalized spacial score (nSPS) is 11.5. The van der Waals surface area contributed by atoms with Crippen molar-refractivity contribution in [2.24, 2.45) is 0 Å². The monoisotopic (exact) mass is 743 g/mol. The predicted octanol–water partition coefficient (Wildman–Crippen LogP) is 14.5. The number of nitrogens with zero attached hydrogens (tertiary/aromatic N) is 3. The molecule has 0 atom stereocenters. The molecule has 0 radical (unpaired) electrons. The molecule has 3 nitrogen and oxygen atoms in total. The van der Waals surface area contributed by atoms with Crippen molar-refractivity contribution >= 4 is 53.1 Å². The second-order valence-electron chi connectivity index (χ2n) is 14.3. The van der Waals surface area contributed by atoms with Crippen molar-refractivity contribution in [1.29, 1.82) is 0 Å². The van der Waals surface area contributed by atoms with Crippen LogP contribution in [0.5, 0.6) is 0 Å². The number of fused-ring (bicyclic) bond motifs is 5. The Morgan fingerprint density at radius 2 is 0.702 bits per heavy atom. The van der Waals surface area contributed by atoms with Gasteiger partial charge < -0.3 is 0 Å². The van der Waals surface area contributed by atoms with Gasteiger partial charge in [-0.1, -0.05) is 176 Å². The maximum absolute atomic E-state index is 5.25. The van der Waals surface area contributed by atoms with E-state index in [0.717, 1.165) is 22.3 Å². The van der Waals surface area contributed by atoms with Crippen LogP contribution in [0.3, 0.4) is 0 Å². The lowest BCUT2D eigenvalue weighted by Crippen LogP contribution is -2.00. The summed E-state index contributed by atoms with van der Waals surface area (Å²) in [6.45, 7) is 0. The molecule has 0 aliphatic rings. The molecule has 57 heavy (non-hydrogen) atoms. The first kappa shape index (κ1) is 33.1. The second-order valence-corrected chi connectivity index (χ2v) is 15.4. The summed E-state index contributed by atoms with van der Waals surface area (Å²) in [6.07, 6.45) is 0. The summed E-state index contributed by atoms with van der Waals surface area (Å²) in [5, 5.41) is 7.29. The average Bonchev–Trinajstić information content (AvgIpc) is 3.68. The van der Waals surface area contributed by atoms with Crippen LogP contribution in [0.1, 0.15) is 0 Å². The number of benzene rings is 9. The molecule has 9 aromatic carbocycles. The minimum Gasteiger partial charge on any atom is -0.208 e. The highest BCUT2D eigenvalue weighted by Crippen LogP contribution is 2.45. The van der Waals surface area contributed by atoms with Gasteiger partial charge in [0.15, 0.2) is 17.5 Å². The van der Waals surface area contributed by atoms with Gasteiger partial charge in [0, 0.05) is 36.9 Å². The van der Waals surface area contributed by atoms with Gasteiger partial charge in [0.25, 0.3) is 0 Å².